The molecule has 1 N–H and O–H groups in total. The van der Waals surface area contributed by atoms with Crippen LogP contribution in [0.25, 0.3) is 10.2 Å². The molecule has 4 rings (SSSR count). The van der Waals surface area contributed by atoms with Gasteiger partial charge in [-0.2, -0.15) is 0 Å². The molecule has 2 aromatic heterocycles. The van der Waals surface area contributed by atoms with Crippen molar-refractivity contribution in [1.29, 1.82) is 0 Å². The average molecular weight is 432 g/mol. The van der Waals surface area contributed by atoms with Crippen molar-refractivity contribution in [2.24, 2.45) is 0 Å². The van der Waals surface area contributed by atoms with Crippen LogP contribution >= 0.6 is 11.3 Å². The normalized spacial score (nSPS) is 18.0. The minimum atomic E-state index is -0.926. The maximum Gasteiger partial charge on any atom is 0.331 e. The molecule has 30 heavy (non-hydrogen) atoms. The average Bonchev–Trinajstić information content (AvgIpc) is 3.13. The molecule has 0 saturated heterocycles. The Morgan fingerprint density at radius 1 is 1.20 bits per heavy atom. The zero-order valence-corrected chi connectivity index (χ0v) is 18.3. The number of nitrogens with one attached hydrogen (secondary N) is 1. The molecular formula is C22H29N3O4S. The second-order valence-corrected chi connectivity index (χ2v) is 9.38. The summed E-state index contributed by atoms with van der Waals surface area (Å²) in [6.45, 7) is 2.31. The van der Waals surface area contributed by atoms with Crippen LogP contribution in [0, 0.1) is 0 Å². The Morgan fingerprint density at radius 2 is 1.97 bits per heavy atom. The SMILES string of the molecule is CCOC(=O)C1(NC(=O)CCn2cnc3sc4c(c3c2=O)CCCC4)CCCCC1. The summed E-state index contributed by atoms with van der Waals surface area (Å²) in [5, 5.41) is 3.67. The summed E-state index contributed by atoms with van der Waals surface area (Å²) in [5.41, 5.74) is 0.163. The highest BCUT2D eigenvalue weighted by atomic mass is 32.1. The summed E-state index contributed by atoms with van der Waals surface area (Å²) in [5.74, 6) is -0.576. The van der Waals surface area contributed by atoms with Gasteiger partial charge >= 0.3 is 5.97 Å². The van der Waals surface area contributed by atoms with Crippen LogP contribution in [0.1, 0.15) is 68.7 Å². The van der Waals surface area contributed by atoms with Crippen molar-refractivity contribution in [3.63, 3.8) is 0 Å². The molecule has 2 aromatic rings. The van der Waals surface area contributed by atoms with Crippen LogP contribution < -0.4 is 10.9 Å². The van der Waals surface area contributed by atoms with E-state index in [1.54, 1.807) is 24.6 Å². The topological polar surface area (TPSA) is 90.3 Å². The second kappa shape index (κ2) is 8.88. The number of ether oxygens (including phenoxy) is 1. The Hall–Kier alpha value is -2.22. The van der Waals surface area contributed by atoms with Crippen molar-refractivity contribution in [3.05, 3.63) is 27.1 Å². The van der Waals surface area contributed by atoms with E-state index in [9.17, 15) is 14.4 Å². The Balaban J connectivity index is 1.48. The van der Waals surface area contributed by atoms with Crippen molar-refractivity contribution in [2.45, 2.75) is 83.2 Å². The van der Waals surface area contributed by atoms with Crippen LogP contribution in [0.2, 0.25) is 0 Å². The Morgan fingerprint density at radius 3 is 2.73 bits per heavy atom. The molecule has 0 spiro atoms. The number of carbonyl (C=O) groups excluding carboxylic acids is 2. The molecule has 162 valence electrons. The summed E-state index contributed by atoms with van der Waals surface area (Å²) in [6.07, 6.45) is 9.93. The Bertz CT molecular complexity index is 1000. The van der Waals surface area contributed by atoms with Crippen molar-refractivity contribution in [1.82, 2.24) is 14.9 Å². The molecule has 1 amide bonds. The fourth-order valence-electron chi connectivity index (χ4n) is 4.70. The third kappa shape index (κ3) is 4.02. The van der Waals surface area contributed by atoms with Gasteiger partial charge in [0.05, 0.1) is 18.3 Å². The zero-order chi connectivity index (χ0) is 21.1. The summed E-state index contributed by atoms with van der Waals surface area (Å²) < 4.78 is 6.77. The molecule has 1 fully saturated rings. The molecule has 2 aliphatic rings. The van der Waals surface area contributed by atoms with E-state index in [-0.39, 0.29) is 30.4 Å². The van der Waals surface area contributed by atoms with E-state index >= 15 is 0 Å². The highest BCUT2D eigenvalue weighted by molar-refractivity contribution is 7.18. The van der Waals surface area contributed by atoms with Gasteiger partial charge in [0.15, 0.2) is 0 Å². The van der Waals surface area contributed by atoms with Crippen molar-refractivity contribution < 1.29 is 14.3 Å². The number of amides is 1. The van der Waals surface area contributed by atoms with E-state index < -0.39 is 5.54 Å². The Labute approximate surface area is 179 Å². The maximum absolute atomic E-state index is 13.0. The van der Waals surface area contributed by atoms with Gasteiger partial charge in [0, 0.05) is 17.8 Å². The molecule has 8 heteroatoms. The lowest BCUT2D eigenvalue weighted by Crippen LogP contribution is -2.56. The standard InChI is InChI=1S/C22H29N3O4S/c1-2-29-21(28)22(11-6-3-7-12-22)24-17(26)10-13-25-14-23-19-18(20(25)27)15-8-4-5-9-16(15)30-19/h14H,2-13H2,1H3,(H,24,26). The summed E-state index contributed by atoms with van der Waals surface area (Å²) in [7, 11) is 0. The fraction of sp³-hybridized carbons (Fsp3) is 0.636. The molecule has 2 heterocycles. The largest absolute Gasteiger partial charge is 0.464 e. The predicted molar refractivity (Wildman–Crippen MR) is 116 cm³/mol. The number of hydrogen-bond donors (Lipinski definition) is 1. The van der Waals surface area contributed by atoms with Gasteiger partial charge in [0.1, 0.15) is 10.4 Å². The fourth-order valence-corrected chi connectivity index (χ4v) is 5.92. The van der Waals surface area contributed by atoms with E-state index in [1.165, 1.54) is 9.44 Å². The van der Waals surface area contributed by atoms with Crippen LogP contribution in [-0.2, 0) is 33.7 Å². The van der Waals surface area contributed by atoms with E-state index in [0.717, 1.165) is 60.7 Å². The minimum absolute atomic E-state index is 0.0648. The van der Waals surface area contributed by atoms with Crippen molar-refractivity contribution in [2.75, 3.05) is 6.61 Å². The lowest BCUT2D eigenvalue weighted by molar-refractivity contribution is -0.155. The highest BCUT2D eigenvalue weighted by Crippen LogP contribution is 2.33. The number of carbonyl (C=O) groups is 2. The van der Waals surface area contributed by atoms with Gasteiger partial charge in [-0.25, -0.2) is 9.78 Å². The number of nitrogens with zero attached hydrogens (tertiary/aromatic N) is 2. The van der Waals surface area contributed by atoms with E-state index in [4.69, 9.17) is 4.74 Å². The third-order valence-corrected chi connectivity index (χ3v) is 7.47. The lowest BCUT2D eigenvalue weighted by atomic mass is 9.81. The minimum Gasteiger partial charge on any atom is -0.464 e. The molecule has 0 radical (unpaired) electrons. The number of hydrogen-bond acceptors (Lipinski definition) is 6. The van der Waals surface area contributed by atoms with Gasteiger partial charge in [0.25, 0.3) is 5.56 Å². The predicted octanol–water partition coefficient (Wildman–Crippen LogP) is 3.11. The van der Waals surface area contributed by atoms with Gasteiger partial charge in [0.2, 0.25) is 5.91 Å². The first kappa shape index (κ1) is 21.0. The molecule has 0 aliphatic heterocycles. The number of aromatic nitrogens is 2. The molecule has 0 atom stereocenters. The smallest absolute Gasteiger partial charge is 0.331 e. The molecule has 0 aromatic carbocycles. The van der Waals surface area contributed by atoms with Gasteiger partial charge in [-0.15, -0.1) is 11.3 Å². The van der Waals surface area contributed by atoms with Gasteiger partial charge < -0.3 is 10.1 Å². The third-order valence-electron chi connectivity index (χ3n) is 6.27. The number of fused-ring (bicyclic) bond motifs is 3. The van der Waals surface area contributed by atoms with E-state index in [2.05, 4.69) is 10.3 Å². The van der Waals surface area contributed by atoms with Crippen LogP contribution in [-0.4, -0.2) is 33.6 Å². The molecule has 0 bridgehead atoms. The molecule has 2 aliphatic carbocycles. The Kier molecular flexibility index (Phi) is 6.22. The van der Waals surface area contributed by atoms with Crippen LogP contribution in [0.4, 0.5) is 0 Å². The summed E-state index contributed by atoms with van der Waals surface area (Å²) in [4.78, 5) is 44.9. The van der Waals surface area contributed by atoms with Gasteiger partial charge in [-0.1, -0.05) is 19.3 Å². The van der Waals surface area contributed by atoms with Crippen molar-refractivity contribution >= 4 is 33.4 Å². The maximum atomic E-state index is 13.0. The first-order chi connectivity index (χ1) is 14.5. The van der Waals surface area contributed by atoms with Crippen LogP contribution in [0.5, 0.6) is 0 Å². The first-order valence-corrected chi connectivity index (χ1v) is 11.8. The number of esters is 1. The molecule has 1 saturated carbocycles. The highest BCUT2D eigenvalue weighted by Gasteiger charge is 2.42. The second-order valence-electron chi connectivity index (χ2n) is 8.30. The zero-order valence-electron chi connectivity index (χ0n) is 17.5. The van der Waals surface area contributed by atoms with Gasteiger partial charge in [-0.05, 0) is 51.0 Å². The molecule has 0 unspecified atom stereocenters. The number of aryl methyl sites for hydroxylation is 3. The van der Waals surface area contributed by atoms with E-state index in [1.807, 2.05) is 0 Å². The van der Waals surface area contributed by atoms with Gasteiger partial charge in [-0.3, -0.25) is 14.2 Å². The first-order valence-electron chi connectivity index (χ1n) is 11.0. The number of thiophene rings is 1. The number of rotatable bonds is 6. The van der Waals surface area contributed by atoms with Crippen LogP contribution in [0.3, 0.4) is 0 Å². The summed E-state index contributed by atoms with van der Waals surface area (Å²) in [6, 6.07) is 0. The molecular weight excluding hydrogens is 402 g/mol. The van der Waals surface area contributed by atoms with Crippen LogP contribution in [0.15, 0.2) is 11.1 Å². The lowest BCUT2D eigenvalue weighted by Gasteiger charge is -2.35. The summed E-state index contributed by atoms with van der Waals surface area (Å²) >= 11 is 1.62. The molecule has 7 nitrogen and oxygen atoms in total. The van der Waals surface area contributed by atoms with E-state index in [0.29, 0.717) is 19.4 Å². The van der Waals surface area contributed by atoms with Crippen molar-refractivity contribution in [3.8, 4) is 0 Å². The quantitative estimate of drug-likeness (QED) is 0.710. The monoisotopic (exact) mass is 431 g/mol.